The summed E-state index contributed by atoms with van der Waals surface area (Å²) >= 11 is 1.25. The molecule has 0 unspecified atom stereocenters. The Hall–Kier alpha value is -2.29. The van der Waals surface area contributed by atoms with Crippen LogP contribution in [-0.2, 0) is 0 Å². The van der Waals surface area contributed by atoms with Gasteiger partial charge in [0.1, 0.15) is 0 Å². The molecule has 8 nitrogen and oxygen atoms in total. The summed E-state index contributed by atoms with van der Waals surface area (Å²) in [5, 5.41) is 19.2. The van der Waals surface area contributed by atoms with Gasteiger partial charge in [-0.1, -0.05) is 31.5 Å². The van der Waals surface area contributed by atoms with Crippen LogP contribution >= 0.6 is 11.8 Å². The van der Waals surface area contributed by atoms with Gasteiger partial charge in [0.05, 0.1) is 24.9 Å². The molecule has 0 atom stereocenters. The highest BCUT2D eigenvalue weighted by atomic mass is 32.2. The Bertz CT molecular complexity index is 620. The van der Waals surface area contributed by atoms with Crippen molar-refractivity contribution in [1.29, 1.82) is 0 Å². The fraction of sp³-hybridized carbons (Fsp3) is 0.467. The summed E-state index contributed by atoms with van der Waals surface area (Å²) in [6, 6.07) is 2.97. The molecule has 0 spiro atoms. The minimum absolute atomic E-state index is 0.128. The van der Waals surface area contributed by atoms with E-state index in [0.29, 0.717) is 17.3 Å². The number of nitrogens with zero attached hydrogens (tertiary/aromatic N) is 3. The Balaban J connectivity index is 3.09. The Kier molecular flexibility index (Phi) is 8.63. The lowest BCUT2D eigenvalue weighted by atomic mass is 10.2. The van der Waals surface area contributed by atoms with Gasteiger partial charge in [0.2, 0.25) is 5.75 Å². The summed E-state index contributed by atoms with van der Waals surface area (Å²) < 4.78 is 10.8. The number of rotatable bonds is 9. The van der Waals surface area contributed by atoms with E-state index < -0.39 is 4.92 Å². The summed E-state index contributed by atoms with van der Waals surface area (Å²) in [4.78, 5) is 10.8. The number of nitro benzene ring substituents is 1. The van der Waals surface area contributed by atoms with Gasteiger partial charge in [-0.3, -0.25) is 10.1 Å². The third-order valence-corrected chi connectivity index (χ3v) is 3.54. The molecule has 0 aliphatic carbocycles. The van der Waals surface area contributed by atoms with Crippen LogP contribution in [0.5, 0.6) is 11.5 Å². The minimum atomic E-state index is -0.505. The van der Waals surface area contributed by atoms with Crippen LogP contribution in [0.4, 0.5) is 5.69 Å². The first-order chi connectivity index (χ1) is 11.5. The van der Waals surface area contributed by atoms with Gasteiger partial charge < -0.3 is 15.2 Å². The summed E-state index contributed by atoms with van der Waals surface area (Å²) in [6.07, 6.45) is 6.00. The molecule has 0 heterocycles. The van der Waals surface area contributed by atoms with Crippen molar-refractivity contribution in [3.63, 3.8) is 0 Å². The zero-order chi connectivity index (χ0) is 17.9. The van der Waals surface area contributed by atoms with Crippen molar-refractivity contribution in [1.82, 2.24) is 0 Å². The van der Waals surface area contributed by atoms with Crippen LogP contribution in [0, 0.1) is 10.1 Å². The predicted octanol–water partition coefficient (Wildman–Crippen LogP) is 3.18. The second kappa shape index (κ2) is 10.5. The SMILES string of the molecule is CCCCCOc1c(OC)cc(/C=N\N=C(/N)SC)cc1[N+](=O)[O-]. The van der Waals surface area contributed by atoms with Crippen molar-refractivity contribution < 1.29 is 14.4 Å². The van der Waals surface area contributed by atoms with Gasteiger partial charge in [-0.05, 0) is 18.7 Å². The maximum Gasteiger partial charge on any atom is 0.315 e. The Morgan fingerprint density at radius 1 is 1.46 bits per heavy atom. The van der Waals surface area contributed by atoms with E-state index in [1.807, 2.05) is 0 Å². The monoisotopic (exact) mass is 354 g/mol. The van der Waals surface area contributed by atoms with E-state index in [9.17, 15) is 10.1 Å². The first-order valence-corrected chi connectivity index (χ1v) is 8.65. The molecule has 0 aromatic heterocycles. The van der Waals surface area contributed by atoms with E-state index in [1.165, 1.54) is 31.2 Å². The van der Waals surface area contributed by atoms with Gasteiger partial charge in [-0.25, -0.2) is 0 Å². The van der Waals surface area contributed by atoms with E-state index in [0.717, 1.165) is 19.3 Å². The summed E-state index contributed by atoms with van der Waals surface area (Å²) in [6.45, 7) is 2.47. The molecule has 0 aliphatic rings. The lowest BCUT2D eigenvalue weighted by molar-refractivity contribution is -0.386. The highest BCUT2D eigenvalue weighted by Gasteiger charge is 2.22. The van der Waals surface area contributed by atoms with Crippen molar-refractivity contribution in [2.75, 3.05) is 20.0 Å². The third-order valence-electron chi connectivity index (χ3n) is 3.04. The van der Waals surface area contributed by atoms with Crippen molar-refractivity contribution in [2.24, 2.45) is 15.9 Å². The molecule has 0 saturated carbocycles. The van der Waals surface area contributed by atoms with Crippen molar-refractivity contribution in [3.05, 3.63) is 27.8 Å². The third kappa shape index (κ3) is 6.07. The van der Waals surface area contributed by atoms with E-state index in [2.05, 4.69) is 17.1 Å². The quantitative estimate of drug-likeness (QED) is 0.240. The Labute approximate surface area is 145 Å². The van der Waals surface area contributed by atoms with E-state index >= 15 is 0 Å². The molecule has 0 bridgehead atoms. The number of amidine groups is 1. The van der Waals surface area contributed by atoms with Gasteiger partial charge in [-0.2, -0.15) is 5.10 Å². The Morgan fingerprint density at radius 3 is 2.79 bits per heavy atom. The summed E-state index contributed by atoms with van der Waals surface area (Å²) in [5.74, 6) is 0.409. The van der Waals surface area contributed by atoms with Gasteiger partial charge in [-0.15, -0.1) is 5.10 Å². The molecule has 0 fully saturated rings. The second-order valence-electron chi connectivity index (χ2n) is 4.77. The molecule has 24 heavy (non-hydrogen) atoms. The topological polar surface area (TPSA) is 112 Å². The summed E-state index contributed by atoms with van der Waals surface area (Å²) in [5.41, 5.74) is 5.82. The molecule has 132 valence electrons. The van der Waals surface area contributed by atoms with E-state index in [1.54, 1.807) is 12.3 Å². The number of hydrogen-bond donors (Lipinski definition) is 1. The molecule has 1 aromatic rings. The molecule has 0 saturated heterocycles. The molecule has 0 amide bonds. The van der Waals surface area contributed by atoms with Crippen LogP contribution in [0.2, 0.25) is 0 Å². The van der Waals surface area contributed by atoms with Crippen LogP contribution in [0.1, 0.15) is 31.7 Å². The minimum Gasteiger partial charge on any atom is -0.493 e. The number of benzene rings is 1. The first-order valence-electron chi connectivity index (χ1n) is 7.43. The molecule has 2 N–H and O–H groups in total. The van der Waals surface area contributed by atoms with Gasteiger partial charge in [0.25, 0.3) is 0 Å². The number of nitro groups is 1. The molecule has 1 aromatic carbocycles. The molecular formula is C15H22N4O4S. The highest BCUT2D eigenvalue weighted by Crippen LogP contribution is 2.38. The zero-order valence-corrected chi connectivity index (χ0v) is 14.8. The smallest absolute Gasteiger partial charge is 0.315 e. The largest absolute Gasteiger partial charge is 0.493 e. The first kappa shape index (κ1) is 19.8. The molecule has 9 heteroatoms. The summed E-state index contributed by atoms with van der Waals surface area (Å²) in [7, 11) is 1.43. The molecular weight excluding hydrogens is 332 g/mol. The van der Waals surface area contributed by atoms with Crippen LogP contribution in [-0.4, -0.2) is 36.3 Å². The number of unbranched alkanes of at least 4 members (excludes halogenated alkanes) is 2. The number of hydrogen-bond acceptors (Lipinski definition) is 7. The average Bonchev–Trinajstić information content (AvgIpc) is 2.58. The lowest BCUT2D eigenvalue weighted by Crippen LogP contribution is -2.04. The number of methoxy groups -OCH3 is 1. The number of thioether (sulfide) groups is 1. The molecule has 0 aliphatic heterocycles. The molecule has 0 radical (unpaired) electrons. The van der Waals surface area contributed by atoms with Crippen molar-refractivity contribution in [2.45, 2.75) is 26.2 Å². The highest BCUT2D eigenvalue weighted by molar-refractivity contribution is 8.13. The zero-order valence-electron chi connectivity index (χ0n) is 14.0. The molecule has 1 rings (SSSR count). The predicted molar refractivity (Wildman–Crippen MR) is 97.4 cm³/mol. The van der Waals surface area contributed by atoms with Crippen LogP contribution in [0.3, 0.4) is 0 Å². The fourth-order valence-electron chi connectivity index (χ4n) is 1.83. The lowest BCUT2D eigenvalue weighted by Gasteiger charge is -2.11. The maximum atomic E-state index is 11.3. The second-order valence-corrected chi connectivity index (χ2v) is 5.60. The van der Waals surface area contributed by atoms with Crippen molar-refractivity contribution >= 4 is 28.8 Å². The number of nitrogens with two attached hydrogens (primary N) is 1. The Morgan fingerprint density at radius 2 is 2.21 bits per heavy atom. The van der Waals surface area contributed by atoms with Crippen LogP contribution in [0.15, 0.2) is 22.3 Å². The van der Waals surface area contributed by atoms with Crippen LogP contribution < -0.4 is 15.2 Å². The van der Waals surface area contributed by atoms with Crippen LogP contribution in [0.25, 0.3) is 0 Å². The van der Waals surface area contributed by atoms with E-state index in [4.69, 9.17) is 15.2 Å². The van der Waals surface area contributed by atoms with Gasteiger partial charge >= 0.3 is 5.69 Å². The standard InChI is InChI=1S/C15H22N4O4S/c1-4-5-6-7-23-14-12(19(20)21)8-11(9-13(14)22-2)10-17-18-15(16)24-3/h8-10H,4-7H2,1-3H3,(H2,16,18)/b17-10-. The number of ether oxygens (including phenoxy) is 2. The van der Waals surface area contributed by atoms with Crippen molar-refractivity contribution in [3.8, 4) is 11.5 Å². The van der Waals surface area contributed by atoms with Gasteiger partial charge in [0, 0.05) is 11.6 Å². The van der Waals surface area contributed by atoms with E-state index in [-0.39, 0.29) is 17.2 Å². The van der Waals surface area contributed by atoms with Gasteiger partial charge in [0.15, 0.2) is 10.9 Å². The maximum absolute atomic E-state index is 11.3. The average molecular weight is 354 g/mol. The normalized spacial score (nSPS) is 11.7. The fourth-order valence-corrected chi connectivity index (χ4v) is 1.96.